The number of hydrogen-bond donors (Lipinski definition) is 1. The van der Waals surface area contributed by atoms with E-state index in [1.165, 1.54) is 18.4 Å². The number of nitrogens with one attached hydrogen (secondary N) is 1. The van der Waals surface area contributed by atoms with Crippen LogP contribution in [0.15, 0.2) is 18.3 Å². The van der Waals surface area contributed by atoms with Crippen LogP contribution in [0, 0.1) is 12.8 Å². The van der Waals surface area contributed by atoms with Crippen LogP contribution < -0.4 is 10.1 Å². The minimum Gasteiger partial charge on any atom is -0.477 e. The SMILES string of the molecule is Cc1ccc(OC[C@@H]2CCCNC2)nc1. The van der Waals surface area contributed by atoms with Crippen molar-refractivity contribution in [3.05, 3.63) is 23.9 Å². The van der Waals surface area contributed by atoms with Crippen LogP contribution in [0.4, 0.5) is 0 Å². The fraction of sp³-hybridized carbons (Fsp3) is 0.583. The molecule has 0 saturated carbocycles. The van der Waals surface area contributed by atoms with E-state index in [-0.39, 0.29) is 0 Å². The van der Waals surface area contributed by atoms with Gasteiger partial charge in [-0.25, -0.2) is 4.98 Å². The zero-order valence-corrected chi connectivity index (χ0v) is 9.20. The van der Waals surface area contributed by atoms with Crippen molar-refractivity contribution in [2.45, 2.75) is 19.8 Å². The van der Waals surface area contributed by atoms with E-state index in [0.29, 0.717) is 5.92 Å². The lowest BCUT2D eigenvalue weighted by molar-refractivity contribution is 0.212. The first-order valence-electron chi connectivity index (χ1n) is 5.61. The molecule has 1 aromatic rings. The van der Waals surface area contributed by atoms with Crippen molar-refractivity contribution in [3.63, 3.8) is 0 Å². The Hall–Kier alpha value is -1.09. The minimum absolute atomic E-state index is 0.641. The molecule has 1 aliphatic rings. The molecule has 2 rings (SSSR count). The summed E-state index contributed by atoms with van der Waals surface area (Å²) in [6.45, 7) is 5.04. The summed E-state index contributed by atoms with van der Waals surface area (Å²) in [4.78, 5) is 4.22. The quantitative estimate of drug-likeness (QED) is 0.818. The van der Waals surface area contributed by atoms with Gasteiger partial charge in [-0.15, -0.1) is 0 Å². The van der Waals surface area contributed by atoms with Crippen molar-refractivity contribution in [1.29, 1.82) is 0 Å². The lowest BCUT2D eigenvalue weighted by Gasteiger charge is -2.22. The van der Waals surface area contributed by atoms with E-state index in [1.54, 1.807) is 0 Å². The number of aromatic nitrogens is 1. The van der Waals surface area contributed by atoms with Gasteiger partial charge in [-0.3, -0.25) is 0 Å². The molecule has 15 heavy (non-hydrogen) atoms. The first kappa shape index (κ1) is 10.4. The summed E-state index contributed by atoms with van der Waals surface area (Å²) >= 11 is 0. The normalized spacial score (nSPS) is 21.3. The number of rotatable bonds is 3. The maximum absolute atomic E-state index is 5.65. The third kappa shape index (κ3) is 3.20. The molecular formula is C12H18N2O. The number of piperidine rings is 1. The summed E-state index contributed by atoms with van der Waals surface area (Å²) in [5.74, 6) is 1.38. The van der Waals surface area contributed by atoms with Gasteiger partial charge in [-0.1, -0.05) is 6.07 Å². The van der Waals surface area contributed by atoms with E-state index in [0.717, 1.165) is 25.6 Å². The Kier molecular flexibility index (Phi) is 3.56. The summed E-state index contributed by atoms with van der Waals surface area (Å²) in [6, 6.07) is 3.97. The topological polar surface area (TPSA) is 34.1 Å². The van der Waals surface area contributed by atoms with E-state index >= 15 is 0 Å². The van der Waals surface area contributed by atoms with E-state index in [2.05, 4.69) is 10.3 Å². The Bertz CT molecular complexity index is 291. The van der Waals surface area contributed by atoms with E-state index in [9.17, 15) is 0 Å². The lowest BCUT2D eigenvalue weighted by atomic mass is 10.0. The molecule has 1 aromatic heterocycles. The van der Waals surface area contributed by atoms with Crippen molar-refractivity contribution in [2.24, 2.45) is 5.92 Å². The Balaban J connectivity index is 1.79. The summed E-state index contributed by atoms with van der Waals surface area (Å²) in [5, 5.41) is 3.38. The van der Waals surface area contributed by atoms with Crippen LogP contribution in [-0.4, -0.2) is 24.7 Å². The Morgan fingerprint density at radius 1 is 1.53 bits per heavy atom. The van der Waals surface area contributed by atoms with Crippen molar-refractivity contribution >= 4 is 0 Å². The van der Waals surface area contributed by atoms with Gasteiger partial charge in [0.05, 0.1) is 6.61 Å². The standard InChI is InChI=1S/C12H18N2O/c1-10-4-5-12(14-7-10)15-9-11-3-2-6-13-8-11/h4-5,7,11,13H,2-3,6,8-9H2,1H3/t11-/m1/s1. The first-order valence-corrected chi connectivity index (χ1v) is 5.61. The molecule has 0 spiro atoms. The second kappa shape index (κ2) is 5.12. The van der Waals surface area contributed by atoms with E-state index < -0.39 is 0 Å². The predicted octanol–water partition coefficient (Wildman–Crippen LogP) is 1.77. The fourth-order valence-corrected chi connectivity index (χ4v) is 1.81. The highest BCUT2D eigenvalue weighted by Gasteiger charge is 2.13. The van der Waals surface area contributed by atoms with Crippen molar-refractivity contribution in [3.8, 4) is 5.88 Å². The van der Waals surface area contributed by atoms with Gasteiger partial charge >= 0.3 is 0 Å². The molecule has 82 valence electrons. The third-order valence-electron chi connectivity index (χ3n) is 2.75. The number of aryl methyl sites for hydroxylation is 1. The Labute approximate surface area is 90.9 Å². The molecule has 3 heteroatoms. The van der Waals surface area contributed by atoms with Gasteiger partial charge in [-0.05, 0) is 31.9 Å². The molecule has 1 aliphatic heterocycles. The molecule has 0 unspecified atom stereocenters. The zero-order chi connectivity index (χ0) is 10.5. The van der Waals surface area contributed by atoms with E-state index in [4.69, 9.17) is 4.74 Å². The maximum Gasteiger partial charge on any atom is 0.213 e. The smallest absolute Gasteiger partial charge is 0.213 e. The third-order valence-corrected chi connectivity index (χ3v) is 2.75. The maximum atomic E-state index is 5.65. The minimum atomic E-state index is 0.641. The van der Waals surface area contributed by atoms with E-state index in [1.807, 2.05) is 25.3 Å². The highest BCUT2D eigenvalue weighted by molar-refractivity contribution is 5.16. The van der Waals surface area contributed by atoms with Crippen LogP contribution in [0.3, 0.4) is 0 Å². The number of ether oxygens (including phenoxy) is 1. The van der Waals surface area contributed by atoms with Crippen LogP contribution in [0.1, 0.15) is 18.4 Å². The number of nitrogens with zero attached hydrogens (tertiary/aromatic N) is 1. The molecule has 0 bridgehead atoms. The molecular weight excluding hydrogens is 188 g/mol. The molecule has 1 N–H and O–H groups in total. The molecule has 0 aromatic carbocycles. The molecule has 0 aliphatic carbocycles. The summed E-state index contributed by atoms with van der Waals surface area (Å²) < 4.78 is 5.65. The lowest BCUT2D eigenvalue weighted by Crippen LogP contribution is -2.33. The average molecular weight is 206 g/mol. The molecule has 1 saturated heterocycles. The van der Waals surface area contributed by atoms with Crippen LogP contribution in [0.5, 0.6) is 5.88 Å². The molecule has 1 fully saturated rings. The van der Waals surface area contributed by atoms with Crippen LogP contribution >= 0.6 is 0 Å². The second-order valence-electron chi connectivity index (χ2n) is 4.20. The predicted molar refractivity (Wildman–Crippen MR) is 60.1 cm³/mol. The highest BCUT2D eigenvalue weighted by atomic mass is 16.5. The van der Waals surface area contributed by atoms with Gasteiger partial charge in [-0.2, -0.15) is 0 Å². The highest BCUT2D eigenvalue weighted by Crippen LogP contribution is 2.13. The van der Waals surface area contributed by atoms with Gasteiger partial charge in [0.15, 0.2) is 0 Å². The second-order valence-corrected chi connectivity index (χ2v) is 4.20. The summed E-state index contributed by atoms with van der Waals surface area (Å²) in [5.41, 5.74) is 1.17. The van der Waals surface area contributed by atoms with Crippen LogP contribution in [0.2, 0.25) is 0 Å². The zero-order valence-electron chi connectivity index (χ0n) is 9.20. The molecule has 1 atom stereocenters. The molecule has 3 nitrogen and oxygen atoms in total. The Morgan fingerprint density at radius 3 is 3.13 bits per heavy atom. The van der Waals surface area contributed by atoms with Gasteiger partial charge < -0.3 is 10.1 Å². The van der Waals surface area contributed by atoms with Gasteiger partial charge in [0.25, 0.3) is 0 Å². The first-order chi connectivity index (χ1) is 7.34. The average Bonchev–Trinajstić information content (AvgIpc) is 2.30. The molecule has 2 heterocycles. The van der Waals surface area contributed by atoms with Crippen molar-refractivity contribution in [1.82, 2.24) is 10.3 Å². The monoisotopic (exact) mass is 206 g/mol. The summed E-state index contributed by atoms with van der Waals surface area (Å²) in [7, 11) is 0. The Morgan fingerprint density at radius 2 is 2.47 bits per heavy atom. The van der Waals surface area contributed by atoms with Crippen LogP contribution in [0.25, 0.3) is 0 Å². The molecule has 0 amide bonds. The van der Waals surface area contributed by atoms with Crippen LogP contribution in [-0.2, 0) is 0 Å². The van der Waals surface area contributed by atoms with Gasteiger partial charge in [0.2, 0.25) is 5.88 Å². The van der Waals surface area contributed by atoms with Gasteiger partial charge in [0, 0.05) is 24.7 Å². The van der Waals surface area contributed by atoms with Crippen molar-refractivity contribution in [2.75, 3.05) is 19.7 Å². The number of pyridine rings is 1. The fourth-order valence-electron chi connectivity index (χ4n) is 1.81. The largest absolute Gasteiger partial charge is 0.477 e. The molecule has 0 radical (unpaired) electrons. The number of hydrogen-bond acceptors (Lipinski definition) is 3. The summed E-state index contributed by atoms with van der Waals surface area (Å²) in [6.07, 6.45) is 4.36. The van der Waals surface area contributed by atoms with Gasteiger partial charge in [0.1, 0.15) is 0 Å². The van der Waals surface area contributed by atoms with Crippen molar-refractivity contribution < 1.29 is 4.74 Å².